The first-order valence-corrected chi connectivity index (χ1v) is 6.55. The van der Waals surface area contributed by atoms with Crippen LogP contribution in [0.15, 0.2) is 0 Å². The molecule has 0 radical (unpaired) electrons. The highest BCUT2D eigenvalue weighted by Crippen LogP contribution is 2.38. The standard InChI is InChI=1S/C13H25NO/c1-11(2)4-3-6-13(15)7-9-14-8-5-12(13)10-14/h11-12,15H,3-10H2,1-2H3. The Morgan fingerprint density at radius 3 is 2.93 bits per heavy atom. The molecular weight excluding hydrogens is 186 g/mol. The molecule has 88 valence electrons. The van der Waals surface area contributed by atoms with Crippen LogP contribution in [0.1, 0.15) is 46.0 Å². The van der Waals surface area contributed by atoms with Gasteiger partial charge in [0.25, 0.3) is 0 Å². The molecular formula is C13H25NO. The first-order valence-electron chi connectivity index (χ1n) is 6.55. The Kier molecular flexibility index (Phi) is 3.36. The zero-order valence-corrected chi connectivity index (χ0v) is 10.2. The van der Waals surface area contributed by atoms with Gasteiger partial charge in [0.05, 0.1) is 5.60 Å². The van der Waals surface area contributed by atoms with Gasteiger partial charge in [-0.15, -0.1) is 0 Å². The highest BCUT2D eigenvalue weighted by molar-refractivity contribution is 4.97. The first kappa shape index (κ1) is 11.4. The summed E-state index contributed by atoms with van der Waals surface area (Å²) in [5, 5.41) is 10.6. The van der Waals surface area contributed by atoms with Crippen LogP contribution in [0.2, 0.25) is 0 Å². The number of rotatable bonds is 4. The number of aliphatic hydroxyl groups is 1. The van der Waals surface area contributed by atoms with E-state index >= 15 is 0 Å². The van der Waals surface area contributed by atoms with Crippen LogP contribution in [-0.4, -0.2) is 35.2 Å². The van der Waals surface area contributed by atoms with Gasteiger partial charge >= 0.3 is 0 Å². The lowest BCUT2D eigenvalue weighted by Gasteiger charge is -2.39. The van der Waals surface area contributed by atoms with Crippen LogP contribution in [-0.2, 0) is 0 Å². The quantitative estimate of drug-likeness (QED) is 0.771. The Hall–Kier alpha value is -0.0800. The van der Waals surface area contributed by atoms with E-state index in [1.165, 1.54) is 25.8 Å². The average molecular weight is 211 g/mol. The van der Waals surface area contributed by atoms with Crippen molar-refractivity contribution in [1.29, 1.82) is 0 Å². The van der Waals surface area contributed by atoms with Gasteiger partial charge in [0.2, 0.25) is 0 Å². The van der Waals surface area contributed by atoms with E-state index in [-0.39, 0.29) is 5.60 Å². The highest BCUT2D eigenvalue weighted by atomic mass is 16.3. The summed E-state index contributed by atoms with van der Waals surface area (Å²) in [6.07, 6.45) is 5.72. The topological polar surface area (TPSA) is 23.5 Å². The van der Waals surface area contributed by atoms with Crippen LogP contribution in [0.4, 0.5) is 0 Å². The Labute approximate surface area is 93.7 Å². The molecule has 2 bridgehead atoms. The molecule has 2 nitrogen and oxygen atoms in total. The van der Waals surface area contributed by atoms with Crippen molar-refractivity contribution < 1.29 is 5.11 Å². The van der Waals surface area contributed by atoms with Gasteiger partial charge in [0.15, 0.2) is 0 Å². The molecule has 2 heterocycles. The average Bonchev–Trinajstić information content (AvgIpc) is 2.58. The molecule has 2 aliphatic rings. The van der Waals surface area contributed by atoms with Crippen LogP contribution in [0.25, 0.3) is 0 Å². The number of piperidine rings is 1. The highest BCUT2D eigenvalue weighted by Gasteiger charge is 2.44. The maximum Gasteiger partial charge on any atom is 0.0700 e. The minimum Gasteiger partial charge on any atom is -0.390 e. The van der Waals surface area contributed by atoms with Crippen LogP contribution in [0.3, 0.4) is 0 Å². The zero-order valence-electron chi connectivity index (χ0n) is 10.2. The summed E-state index contributed by atoms with van der Waals surface area (Å²) in [4.78, 5) is 2.50. The summed E-state index contributed by atoms with van der Waals surface area (Å²) >= 11 is 0. The van der Waals surface area contributed by atoms with E-state index in [4.69, 9.17) is 0 Å². The minimum absolute atomic E-state index is 0.318. The summed E-state index contributed by atoms with van der Waals surface area (Å²) in [6.45, 7) is 8.02. The maximum absolute atomic E-state index is 10.6. The van der Waals surface area contributed by atoms with Crippen LogP contribution >= 0.6 is 0 Å². The number of hydrogen-bond donors (Lipinski definition) is 1. The fraction of sp³-hybridized carbons (Fsp3) is 1.00. The second-order valence-corrected chi connectivity index (χ2v) is 5.93. The van der Waals surface area contributed by atoms with E-state index in [0.717, 1.165) is 31.8 Å². The van der Waals surface area contributed by atoms with Crippen LogP contribution in [0, 0.1) is 11.8 Å². The summed E-state index contributed by atoms with van der Waals surface area (Å²) in [7, 11) is 0. The zero-order chi connectivity index (χ0) is 10.9. The van der Waals surface area contributed by atoms with E-state index in [2.05, 4.69) is 18.7 Å². The fourth-order valence-electron chi connectivity index (χ4n) is 3.18. The van der Waals surface area contributed by atoms with Gasteiger partial charge in [-0.2, -0.15) is 0 Å². The fourth-order valence-corrected chi connectivity index (χ4v) is 3.18. The molecule has 15 heavy (non-hydrogen) atoms. The molecule has 2 rings (SSSR count). The molecule has 3 atom stereocenters. The third-order valence-corrected chi connectivity index (χ3v) is 4.28. The van der Waals surface area contributed by atoms with Crippen LogP contribution < -0.4 is 0 Å². The van der Waals surface area contributed by atoms with E-state index in [9.17, 15) is 5.11 Å². The first-order chi connectivity index (χ1) is 7.10. The van der Waals surface area contributed by atoms with E-state index in [0.29, 0.717) is 5.92 Å². The summed E-state index contributed by atoms with van der Waals surface area (Å²) in [5.74, 6) is 1.34. The van der Waals surface area contributed by atoms with Crippen molar-refractivity contribution in [3.63, 3.8) is 0 Å². The van der Waals surface area contributed by atoms with Crippen molar-refractivity contribution in [2.45, 2.75) is 51.6 Å². The smallest absolute Gasteiger partial charge is 0.0700 e. The largest absolute Gasteiger partial charge is 0.390 e. The predicted molar refractivity (Wildman–Crippen MR) is 62.8 cm³/mol. The van der Waals surface area contributed by atoms with Crippen molar-refractivity contribution in [2.24, 2.45) is 11.8 Å². The van der Waals surface area contributed by atoms with E-state index in [1.54, 1.807) is 0 Å². The molecule has 0 aromatic heterocycles. The van der Waals surface area contributed by atoms with Gasteiger partial charge in [-0.1, -0.05) is 26.7 Å². The Morgan fingerprint density at radius 2 is 2.20 bits per heavy atom. The molecule has 3 unspecified atom stereocenters. The van der Waals surface area contributed by atoms with Gasteiger partial charge in [-0.3, -0.25) is 0 Å². The molecule has 2 saturated heterocycles. The third-order valence-electron chi connectivity index (χ3n) is 4.28. The lowest BCUT2D eigenvalue weighted by molar-refractivity contribution is -0.0529. The second kappa shape index (κ2) is 4.42. The van der Waals surface area contributed by atoms with Crippen LogP contribution in [0.5, 0.6) is 0 Å². The molecule has 0 amide bonds. The predicted octanol–water partition coefficient (Wildman–Crippen LogP) is 2.27. The molecule has 1 N–H and O–H groups in total. The SMILES string of the molecule is CC(C)CCCC1(O)CCN2CCC1C2. The minimum atomic E-state index is -0.318. The monoisotopic (exact) mass is 211 g/mol. The molecule has 0 aromatic carbocycles. The second-order valence-electron chi connectivity index (χ2n) is 5.93. The summed E-state index contributed by atoms with van der Waals surface area (Å²) in [5.41, 5.74) is -0.318. The van der Waals surface area contributed by atoms with Crippen molar-refractivity contribution in [3.8, 4) is 0 Å². The number of nitrogens with zero attached hydrogens (tertiary/aromatic N) is 1. The Bertz CT molecular complexity index is 217. The molecule has 0 spiro atoms. The third kappa shape index (κ3) is 2.54. The van der Waals surface area contributed by atoms with Crippen molar-refractivity contribution in [3.05, 3.63) is 0 Å². The lowest BCUT2D eigenvalue weighted by atomic mass is 9.78. The van der Waals surface area contributed by atoms with Gasteiger partial charge in [0, 0.05) is 19.0 Å². The summed E-state index contributed by atoms with van der Waals surface area (Å²) in [6, 6.07) is 0. The van der Waals surface area contributed by atoms with Crippen molar-refractivity contribution in [1.82, 2.24) is 4.90 Å². The normalized spacial score (nSPS) is 40.0. The Morgan fingerprint density at radius 1 is 1.40 bits per heavy atom. The molecule has 0 saturated carbocycles. The Balaban J connectivity index is 1.83. The number of fused-ring (bicyclic) bond motifs is 2. The van der Waals surface area contributed by atoms with Gasteiger partial charge in [-0.05, 0) is 31.7 Å². The molecule has 2 fully saturated rings. The lowest BCUT2D eigenvalue weighted by Crippen LogP contribution is -2.46. The summed E-state index contributed by atoms with van der Waals surface area (Å²) < 4.78 is 0. The van der Waals surface area contributed by atoms with Crippen molar-refractivity contribution in [2.75, 3.05) is 19.6 Å². The van der Waals surface area contributed by atoms with Crippen molar-refractivity contribution >= 4 is 0 Å². The van der Waals surface area contributed by atoms with Gasteiger partial charge < -0.3 is 10.0 Å². The number of hydrogen-bond acceptors (Lipinski definition) is 2. The van der Waals surface area contributed by atoms with Gasteiger partial charge in [0.1, 0.15) is 0 Å². The van der Waals surface area contributed by atoms with E-state index in [1.807, 2.05) is 0 Å². The molecule has 0 aliphatic carbocycles. The molecule has 2 aliphatic heterocycles. The van der Waals surface area contributed by atoms with Gasteiger partial charge in [-0.25, -0.2) is 0 Å². The van der Waals surface area contributed by atoms with E-state index < -0.39 is 0 Å². The molecule has 2 heteroatoms. The molecule has 0 aromatic rings. The maximum atomic E-state index is 10.6.